The van der Waals surface area contributed by atoms with Crippen LogP contribution in [-0.4, -0.2) is 11.5 Å². The monoisotopic (exact) mass is 289 g/mol. The number of anilines is 2. The third-order valence-corrected chi connectivity index (χ3v) is 2.95. The number of nitro groups is 1. The highest BCUT2D eigenvalue weighted by molar-refractivity contribution is 5.63. The van der Waals surface area contributed by atoms with Gasteiger partial charge >= 0.3 is 0 Å². The molecule has 0 amide bonds. The molecule has 0 aliphatic carbocycles. The Morgan fingerprint density at radius 2 is 1.81 bits per heavy atom. The summed E-state index contributed by atoms with van der Waals surface area (Å²) >= 11 is 0. The van der Waals surface area contributed by atoms with Crippen LogP contribution in [0.5, 0.6) is 0 Å². The Bertz CT molecular complexity index is 647. The highest BCUT2D eigenvalue weighted by Gasteiger charge is 2.10. The van der Waals surface area contributed by atoms with E-state index >= 15 is 0 Å². The van der Waals surface area contributed by atoms with Crippen molar-refractivity contribution >= 4 is 17.1 Å². The number of nitrogens with zero attached hydrogens (tertiary/aromatic N) is 1. The van der Waals surface area contributed by atoms with Gasteiger partial charge in [0, 0.05) is 42.2 Å². The van der Waals surface area contributed by atoms with Gasteiger partial charge < -0.3 is 10.6 Å². The molecule has 0 unspecified atom stereocenters. The quantitative estimate of drug-likeness (QED) is 0.627. The van der Waals surface area contributed by atoms with Gasteiger partial charge in [0.15, 0.2) is 0 Å². The number of hydrogen-bond donors (Lipinski definition) is 2. The second-order valence-electron chi connectivity index (χ2n) is 4.50. The molecule has 2 rings (SSSR count). The largest absolute Gasteiger partial charge is 0.385 e. The second kappa shape index (κ2) is 6.69. The smallest absolute Gasteiger partial charge is 0.273 e. The molecule has 0 aliphatic heterocycles. The van der Waals surface area contributed by atoms with Gasteiger partial charge in [-0.1, -0.05) is 18.2 Å². The first-order chi connectivity index (χ1) is 10.1. The zero-order valence-corrected chi connectivity index (χ0v) is 11.6. The van der Waals surface area contributed by atoms with Gasteiger partial charge in [-0.25, -0.2) is 4.39 Å². The van der Waals surface area contributed by atoms with E-state index < -0.39 is 4.92 Å². The predicted octanol–water partition coefficient (Wildman–Crippen LogP) is 3.78. The molecule has 0 heterocycles. The first-order valence-electron chi connectivity index (χ1n) is 6.60. The molecule has 21 heavy (non-hydrogen) atoms. The molecule has 0 spiro atoms. The number of non-ortho nitro benzene ring substituents is 1. The topological polar surface area (TPSA) is 67.2 Å². The molecule has 0 aliphatic rings. The molecular formula is C15H16FN3O2. The van der Waals surface area contributed by atoms with Crippen LogP contribution >= 0.6 is 0 Å². The van der Waals surface area contributed by atoms with Gasteiger partial charge in [0.1, 0.15) is 5.82 Å². The number of nitro benzene ring substituents is 1. The van der Waals surface area contributed by atoms with Gasteiger partial charge in [-0.15, -0.1) is 0 Å². The molecule has 0 saturated heterocycles. The van der Waals surface area contributed by atoms with E-state index in [2.05, 4.69) is 10.6 Å². The van der Waals surface area contributed by atoms with E-state index in [0.29, 0.717) is 23.5 Å². The average Bonchev–Trinajstić information content (AvgIpc) is 2.46. The normalized spacial score (nSPS) is 10.2. The lowest BCUT2D eigenvalue weighted by atomic mass is 10.2. The first kappa shape index (κ1) is 14.8. The van der Waals surface area contributed by atoms with Crippen molar-refractivity contribution in [2.45, 2.75) is 13.5 Å². The van der Waals surface area contributed by atoms with Crippen molar-refractivity contribution in [1.29, 1.82) is 0 Å². The van der Waals surface area contributed by atoms with Gasteiger partial charge in [0.25, 0.3) is 5.69 Å². The van der Waals surface area contributed by atoms with E-state index in [1.54, 1.807) is 24.3 Å². The Balaban J connectivity index is 2.19. The Labute approximate surface area is 122 Å². The van der Waals surface area contributed by atoms with Crippen molar-refractivity contribution in [3.05, 3.63) is 64.0 Å². The van der Waals surface area contributed by atoms with Crippen molar-refractivity contribution < 1.29 is 9.31 Å². The van der Waals surface area contributed by atoms with E-state index in [0.717, 1.165) is 0 Å². The molecule has 2 N–H and O–H groups in total. The molecule has 0 saturated carbocycles. The maximum atomic E-state index is 13.5. The Hall–Kier alpha value is -2.63. The summed E-state index contributed by atoms with van der Waals surface area (Å²) in [7, 11) is 0. The van der Waals surface area contributed by atoms with E-state index in [4.69, 9.17) is 0 Å². The van der Waals surface area contributed by atoms with Gasteiger partial charge in [-0.2, -0.15) is 0 Å². The number of hydrogen-bond acceptors (Lipinski definition) is 4. The molecule has 0 atom stereocenters. The lowest BCUT2D eigenvalue weighted by Gasteiger charge is -2.10. The minimum absolute atomic E-state index is 0.00974. The summed E-state index contributed by atoms with van der Waals surface area (Å²) in [6.45, 7) is 2.83. The Morgan fingerprint density at radius 1 is 1.14 bits per heavy atom. The fourth-order valence-electron chi connectivity index (χ4n) is 1.96. The van der Waals surface area contributed by atoms with Crippen LogP contribution in [0.3, 0.4) is 0 Å². The third-order valence-electron chi connectivity index (χ3n) is 2.95. The van der Waals surface area contributed by atoms with Crippen LogP contribution in [0, 0.1) is 15.9 Å². The van der Waals surface area contributed by atoms with Gasteiger partial charge in [-0.3, -0.25) is 10.1 Å². The summed E-state index contributed by atoms with van der Waals surface area (Å²) in [6, 6.07) is 11.1. The zero-order valence-electron chi connectivity index (χ0n) is 11.6. The highest BCUT2D eigenvalue weighted by atomic mass is 19.1. The van der Waals surface area contributed by atoms with Gasteiger partial charge in [-0.05, 0) is 19.1 Å². The minimum Gasteiger partial charge on any atom is -0.385 e. The molecular weight excluding hydrogens is 273 g/mol. The van der Waals surface area contributed by atoms with Gasteiger partial charge in [0.2, 0.25) is 0 Å². The van der Waals surface area contributed by atoms with E-state index in [1.165, 1.54) is 18.2 Å². The van der Waals surface area contributed by atoms with Crippen molar-refractivity contribution in [2.24, 2.45) is 0 Å². The second-order valence-corrected chi connectivity index (χ2v) is 4.50. The lowest BCUT2D eigenvalue weighted by Crippen LogP contribution is -2.04. The van der Waals surface area contributed by atoms with Crippen LogP contribution in [0.15, 0.2) is 42.5 Å². The molecule has 6 heteroatoms. The molecule has 2 aromatic carbocycles. The molecule has 0 bridgehead atoms. The van der Waals surface area contributed by atoms with Crippen LogP contribution < -0.4 is 10.6 Å². The van der Waals surface area contributed by atoms with Crippen molar-refractivity contribution in [3.63, 3.8) is 0 Å². The van der Waals surface area contributed by atoms with Crippen molar-refractivity contribution in [3.8, 4) is 0 Å². The number of rotatable bonds is 6. The van der Waals surface area contributed by atoms with Crippen molar-refractivity contribution in [1.82, 2.24) is 0 Å². The van der Waals surface area contributed by atoms with Crippen LogP contribution in [0.2, 0.25) is 0 Å². The molecule has 0 radical (unpaired) electrons. The minimum atomic E-state index is -0.449. The highest BCUT2D eigenvalue weighted by Crippen LogP contribution is 2.25. The maximum Gasteiger partial charge on any atom is 0.273 e. The summed E-state index contributed by atoms with van der Waals surface area (Å²) in [5.74, 6) is -0.303. The van der Waals surface area contributed by atoms with Crippen LogP contribution in [-0.2, 0) is 6.54 Å². The number of benzene rings is 2. The van der Waals surface area contributed by atoms with E-state index in [-0.39, 0.29) is 18.0 Å². The lowest BCUT2D eigenvalue weighted by molar-refractivity contribution is -0.384. The molecule has 0 fully saturated rings. The summed E-state index contributed by atoms with van der Waals surface area (Å²) < 4.78 is 13.5. The standard InChI is InChI=1S/C15H16FN3O2/c1-2-17-12-7-13(9-14(8-12)19(20)21)18-10-11-5-3-4-6-15(11)16/h3-9,17-18H,2,10H2,1H3. The third kappa shape index (κ3) is 3.92. The van der Waals surface area contributed by atoms with E-state index in [9.17, 15) is 14.5 Å². The Morgan fingerprint density at radius 3 is 2.43 bits per heavy atom. The first-order valence-corrected chi connectivity index (χ1v) is 6.60. The number of nitrogens with one attached hydrogen (secondary N) is 2. The molecule has 5 nitrogen and oxygen atoms in total. The van der Waals surface area contributed by atoms with E-state index in [1.807, 2.05) is 6.92 Å². The van der Waals surface area contributed by atoms with Crippen LogP contribution in [0.4, 0.5) is 21.5 Å². The molecule has 2 aromatic rings. The van der Waals surface area contributed by atoms with Gasteiger partial charge in [0.05, 0.1) is 4.92 Å². The molecule has 0 aromatic heterocycles. The fraction of sp³-hybridized carbons (Fsp3) is 0.200. The Kier molecular flexibility index (Phi) is 4.71. The van der Waals surface area contributed by atoms with Crippen LogP contribution in [0.1, 0.15) is 12.5 Å². The predicted molar refractivity (Wildman–Crippen MR) is 81.0 cm³/mol. The summed E-state index contributed by atoms with van der Waals surface area (Å²) in [5.41, 5.74) is 1.73. The van der Waals surface area contributed by atoms with Crippen LogP contribution in [0.25, 0.3) is 0 Å². The summed E-state index contributed by atoms with van der Waals surface area (Å²) in [5, 5.41) is 17.0. The maximum absolute atomic E-state index is 13.5. The van der Waals surface area contributed by atoms with Crippen molar-refractivity contribution in [2.75, 3.05) is 17.2 Å². The molecule has 110 valence electrons. The summed E-state index contributed by atoms with van der Waals surface area (Å²) in [4.78, 5) is 10.5. The fourth-order valence-corrected chi connectivity index (χ4v) is 1.96. The SMILES string of the molecule is CCNc1cc(NCc2ccccc2F)cc([N+](=O)[O-])c1. The average molecular weight is 289 g/mol. The zero-order chi connectivity index (χ0) is 15.2. The summed E-state index contributed by atoms with van der Waals surface area (Å²) in [6.07, 6.45) is 0. The number of halogens is 1.